The Morgan fingerprint density at radius 2 is 2.12 bits per heavy atom. The summed E-state index contributed by atoms with van der Waals surface area (Å²) in [4.78, 5) is 19.1. The van der Waals surface area contributed by atoms with E-state index < -0.39 is 0 Å². The fraction of sp³-hybridized carbons (Fsp3) is 0.455. The van der Waals surface area contributed by atoms with E-state index in [9.17, 15) is 4.79 Å². The third kappa shape index (κ3) is 1.98. The summed E-state index contributed by atoms with van der Waals surface area (Å²) in [7, 11) is 1.78. The summed E-state index contributed by atoms with van der Waals surface area (Å²) in [5, 5.41) is 7.66. The molecule has 0 aliphatic heterocycles. The van der Waals surface area contributed by atoms with Gasteiger partial charge in [-0.3, -0.25) is 4.79 Å². The number of aromatic nitrogens is 5. The van der Waals surface area contributed by atoms with E-state index in [0.29, 0.717) is 17.1 Å². The maximum absolute atomic E-state index is 11.8. The number of nitrogens with one attached hydrogen (secondary N) is 1. The van der Waals surface area contributed by atoms with Crippen molar-refractivity contribution < 1.29 is 0 Å². The summed E-state index contributed by atoms with van der Waals surface area (Å²) < 4.78 is 1.61. The van der Waals surface area contributed by atoms with Crippen LogP contribution in [0.4, 0.5) is 0 Å². The van der Waals surface area contributed by atoms with E-state index in [-0.39, 0.29) is 11.5 Å². The Morgan fingerprint density at radius 1 is 1.41 bits per heavy atom. The van der Waals surface area contributed by atoms with Crippen LogP contribution in [0.15, 0.2) is 11.0 Å². The van der Waals surface area contributed by atoms with Gasteiger partial charge in [-0.25, -0.2) is 9.67 Å². The zero-order valence-electron chi connectivity index (χ0n) is 10.4. The van der Waals surface area contributed by atoms with Crippen molar-refractivity contribution in [2.45, 2.75) is 26.7 Å². The van der Waals surface area contributed by atoms with Gasteiger partial charge in [0.2, 0.25) is 0 Å². The zero-order chi connectivity index (χ0) is 12.6. The molecule has 6 nitrogen and oxygen atoms in total. The third-order valence-corrected chi connectivity index (χ3v) is 2.67. The molecule has 0 bridgehead atoms. The van der Waals surface area contributed by atoms with Gasteiger partial charge in [-0.05, 0) is 6.92 Å². The van der Waals surface area contributed by atoms with Crippen molar-refractivity contribution in [2.24, 2.45) is 7.05 Å². The van der Waals surface area contributed by atoms with Gasteiger partial charge in [0.15, 0.2) is 0 Å². The van der Waals surface area contributed by atoms with Gasteiger partial charge in [-0.1, -0.05) is 19.1 Å². The standard InChI is InChI=1S/C11H15N5O/c1-6(2)10-13-9(7(3)11(17)14-10)8-5-12-15-16(8)4/h5-6H,1-4H3,(H,13,14,17). The van der Waals surface area contributed by atoms with E-state index in [1.54, 1.807) is 24.9 Å². The van der Waals surface area contributed by atoms with Crippen LogP contribution in [0.1, 0.15) is 31.2 Å². The SMILES string of the molecule is Cc1c(-c2cnnn2C)nc(C(C)C)[nH]c1=O. The van der Waals surface area contributed by atoms with Gasteiger partial charge in [-0.15, -0.1) is 5.10 Å². The number of aryl methyl sites for hydroxylation is 1. The Hall–Kier alpha value is -1.98. The molecule has 0 aliphatic carbocycles. The van der Waals surface area contributed by atoms with Crippen LogP contribution in [-0.2, 0) is 7.05 Å². The molecule has 0 saturated heterocycles. The summed E-state index contributed by atoms with van der Waals surface area (Å²) in [5.74, 6) is 0.847. The largest absolute Gasteiger partial charge is 0.310 e. The average molecular weight is 233 g/mol. The van der Waals surface area contributed by atoms with Crippen molar-refractivity contribution in [3.8, 4) is 11.4 Å². The number of H-pyrrole nitrogens is 1. The van der Waals surface area contributed by atoms with Crippen molar-refractivity contribution in [1.29, 1.82) is 0 Å². The Balaban J connectivity index is 2.69. The van der Waals surface area contributed by atoms with Crippen molar-refractivity contribution in [3.05, 3.63) is 27.9 Å². The van der Waals surface area contributed by atoms with Crippen LogP contribution in [0, 0.1) is 6.92 Å². The van der Waals surface area contributed by atoms with Gasteiger partial charge in [0, 0.05) is 18.5 Å². The minimum absolute atomic E-state index is 0.111. The first-order chi connectivity index (χ1) is 8.00. The number of nitrogens with zero attached hydrogens (tertiary/aromatic N) is 4. The Labute approximate surface area is 98.7 Å². The van der Waals surface area contributed by atoms with Gasteiger partial charge in [0.05, 0.1) is 6.20 Å². The zero-order valence-corrected chi connectivity index (χ0v) is 10.4. The lowest BCUT2D eigenvalue weighted by molar-refractivity contribution is 0.714. The summed E-state index contributed by atoms with van der Waals surface area (Å²) >= 11 is 0. The molecule has 2 rings (SSSR count). The monoisotopic (exact) mass is 233 g/mol. The minimum atomic E-state index is -0.111. The van der Waals surface area contributed by atoms with Crippen LogP contribution in [0.3, 0.4) is 0 Å². The highest BCUT2D eigenvalue weighted by Gasteiger charge is 2.14. The average Bonchev–Trinajstić information content (AvgIpc) is 2.68. The summed E-state index contributed by atoms with van der Waals surface area (Å²) in [6.45, 7) is 5.72. The van der Waals surface area contributed by atoms with Crippen LogP contribution < -0.4 is 5.56 Å². The van der Waals surface area contributed by atoms with Crippen molar-refractivity contribution in [1.82, 2.24) is 25.0 Å². The van der Waals surface area contributed by atoms with Crippen molar-refractivity contribution in [3.63, 3.8) is 0 Å². The first-order valence-corrected chi connectivity index (χ1v) is 5.46. The maximum Gasteiger partial charge on any atom is 0.254 e. The quantitative estimate of drug-likeness (QED) is 0.839. The van der Waals surface area contributed by atoms with Crippen molar-refractivity contribution >= 4 is 0 Å². The lowest BCUT2D eigenvalue weighted by atomic mass is 10.1. The first kappa shape index (κ1) is 11.5. The minimum Gasteiger partial charge on any atom is -0.310 e. The van der Waals surface area contributed by atoms with E-state index >= 15 is 0 Å². The summed E-state index contributed by atoms with van der Waals surface area (Å²) in [6, 6.07) is 0. The normalized spacial score (nSPS) is 11.1. The van der Waals surface area contributed by atoms with Gasteiger partial charge >= 0.3 is 0 Å². The van der Waals surface area contributed by atoms with Crippen LogP contribution in [0.2, 0.25) is 0 Å². The molecule has 0 radical (unpaired) electrons. The number of hydrogen-bond donors (Lipinski definition) is 1. The predicted octanol–water partition coefficient (Wildman–Crippen LogP) is 0.997. The highest BCUT2D eigenvalue weighted by atomic mass is 16.1. The topological polar surface area (TPSA) is 76.5 Å². The van der Waals surface area contributed by atoms with Crippen LogP contribution in [0.5, 0.6) is 0 Å². The Bertz CT molecular complexity index is 596. The van der Waals surface area contributed by atoms with Gasteiger partial charge < -0.3 is 4.98 Å². The van der Waals surface area contributed by atoms with E-state index in [0.717, 1.165) is 5.69 Å². The first-order valence-electron chi connectivity index (χ1n) is 5.46. The molecular weight excluding hydrogens is 218 g/mol. The number of hydrogen-bond acceptors (Lipinski definition) is 4. The number of aromatic amines is 1. The molecule has 2 aromatic heterocycles. The molecule has 0 unspecified atom stereocenters. The Morgan fingerprint density at radius 3 is 2.65 bits per heavy atom. The lowest BCUT2D eigenvalue weighted by Crippen LogP contribution is -2.17. The highest BCUT2D eigenvalue weighted by Crippen LogP contribution is 2.18. The molecule has 0 aliphatic rings. The lowest BCUT2D eigenvalue weighted by Gasteiger charge is -2.09. The fourth-order valence-electron chi connectivity index (χ4n) is 1.58. The molecular formula is C11H15N5O. The molecule has 6 heteroatoms. The second-order valence-corrected chi connectivity index (χ2v) is 4.32. The van der Waals surface area contributed by atoms with E-state index in [1.165, 1.54) is 0 Å². The second kappa shape index (κ2) is 4.12. The number of rotatable bonds is 2. The predicted molar refractivity (Wildman–Crippen MR) is 63.7 cm³/mol. The summed E-state index contributed by atoms with van der Waals surface area (Å²) in [6.07, 6.45) is 1.61. The van der Waals surface area contributed by atoms with Gasteiger partial charge in [0.1, 0.15) is 17.2 Å². The molecule has 0 amide bonds. The third-order valence-electron chi connectivity index (χ3n) is 2.67. The molecule has 0 fully saturated rings. The fourth-order valence-corrected chi connectivity index (χ4v) is 1.58. The van der Waals surface area contributed by atoms with E-state index in [4.69, 9.17) is 0 Å². The molecule has 0 atom stereocenters. The second-order valence-electron chi connectivity index (χ2n) is 4.32. The van der Waals surface area contributed by atoms with E-state index in [1.807, 2.05) is 13.8 Å². The molecule has 0 spiro atoms. The highest BCUT2D eigenvalue weighted by molar-refractivity contribution is 5.57. The van der Waals surface area contributed by atoms with Gasteiger partial charge in [-0.2, -0.15) is 0 Å². The van der Waals surface area contributed by atoms with Crippen LogP contribution in [-0.4, -0.2) is 25.0 Å². The summed E-state index contributed by atoms with van der Waals surface area (Å²) in [5.41, 5.74) is 1.86. The molecule has 1 N–H and O–H groups in total. The van der Waals surface area contributed by atoms with Gasteiger partial charge in [0.25, 0.3) is 5.56 Å². The molecule has 90 valence electrons. The Kier molecular flexibility index (Phi) is 2.79. The van der Waals surface area contributed by atoms with Crippen LogP contribution in [0.25, 0.3) is 11.4 Å². The molecule has 2 heterocycles. The van der Waals surface area contributed by atoms with E-state index in [2.05, 4.69) is 20.3 Å². The molecule has 17 heavy (non-hydrogen) atoms. The maximum atomic E-state index is 11.8. The van der Waals surface area contributed by atoms with Crippen molar-refractivity contribution in [2.75, 3.05) is 0 Å². The molecule has 0 saturated carbocycles. The smallest absolute Gasteiger partial charge is 0.254 e. The van der Waals surface area contributed by atoms with Crippen LogP contribution >= 0.6 is 0 Å². The molecule has 2 aromatic rings. The molecule has 0 aromatic carbocycles.